The fraction of sp³-hybridized carbons (Fsp3) is 0.667. The van der Waals surface area contributed by atoms with Gasteiger partial charge in [0.15, 0.2) is 5.96 Å². The second-order valence-electron chi connectivity index (χ2n) is 9.12. The summed E-state index contributed by atoms with van der Waals surface area (Å²) in [6.07, 6.45) is 8.18. The molecule has 6 heteroatoms. The zero-order valence-corrected chi connectivity index (χ0v) is 19.0. The summed E-state index contributed by atoms with van der Waals surface area (Å²) in [5, 5.41) is 6.81. The van der Waals surface area contributed by atoms with Gasteiger partial charge in [0.2, 0.25) is 5.91 Å². The highest BCUT2D eigenvalue weighted by molar-refractivity contribution is 5.85. The monoisotopic (exact) mass is 413 g/mol. The fourth-order valence-corrected chi connectivity index (χ4v) is 4.79. The molecule has 1 heterocycles. The maximum Gasteiger partial charge on any atom is 0.230 e. The van der Waals surface area contributed by atoms with Gasteiger partial charge in [-0.1, -0.05) is 43.5 Å². The standard InChI is InChI=1S/C24H39N5O/c1-25-23(27-19-24(13-5-6-14-24)22(30)28(2)3)26-17-20-9-11-21(12-10-20)18-29-15-7-4-8-16-29/h9-12H,4-8,13-19H2,1-3H3,(H2,25,26,27). The Morgan fingerprint density at radius 3 is 2.23 bits per heavy atom. The number of carbonyl (C=O) groups excluding carboxylic acids is 1. The van der Waals surface area contributed by atoms with Gasteiger partial charge in [0.1, 0.15) is 0 Å². The van der Waals surface area contributed by atoms with Crippen LogP contribution in [0.4, 0.5) is 0 Å². The summed E-state index contributed by atoms with van der Waals surface area (Å²) in [6, 6.07) is 8.89. The lowest BCUT2D eigenvalue weighted by molar-refractivity contribution is -0.138. The molecule has 1 aliphatic heterocycles. The SMILES string of the molecule is CN=C(NCc1ccc(CN2CCCCC2)cc1)NCC1(C(=O)N(C)C)CCCC1. The molecule has 3 rings (SSSR count). The largest absolute Gasteiger partial charge is 0.355 e. The van der Waals surface area contributed by atoms with Crippen molar-refractivity contribution in [2.45, 2.75) is 58.0 Å². The van der Waals surface area contributed by atoms with E-state index < -0.39 is 0 Å². The highest BCUT2D eigenvalue weighted by atomic mass is 16.2. The number of hydrogen-bond donors (Lipinski definition) is 2. The molecule has 6 nitrogen and oxygen atoms in total. The Bertz CT molecular complexity index is 701. The third-order valence-corrected chi connectivity index (χ3v) is 6.58. The average Bonchev–Trinajstić information content (AvgIpc) is 3.25. The van der Waals surface area contributed by atoms with Crippen LogP contribution in [0.1, 0.15) is 56.1 Å². The third kappa shape index (κ3) is 5.97. The van der Waals surface area contributed by atoms with Gasteiger partial charge in [0.25, 0.3) is 0 Å². The topological polar surface area (TPSA) is 60.0 Å². The van der Waals surface area contributed by atoms with Crippen molar-refractivity contribution in [1.82, 2.24) is 20.4 Å². The molecule has 1 amide bonds. The molecular formula is C24H39N5O. The Morgan fingerprint density at radius 1 is 1.00 bits per heavy atom. The molecule has 1 aliphatic carbocycles. The molecule has 2 fully saturated rings. The first kappa shape index (κ1) is 22.6. The lowest BCUT2D eigenvalue weighted by Crippen LogP contribution is -2.49. The Balaban J connectivity index is 1.48. The van der Waals surface area contributed by atoms with Crippen LogP contribution < -0.4 is 10.6 Å². The second-order valence-corrected chi connectivity index (χ2v) is 9.12. The van der Waals surface area contributed by atoms with Crippen molar-refractivity contribution < 1.29 is 4.79 Å². The Labute approximate surface area is 182 Å². The number of amides is 1. The number of nitrogens with zero attached hydrogens (tertiary/aromatic N) is 3. The van der Waals surface area contributed by atoms with Crippen molar-refractivity contribution in [1.29, 1.82) is 0 Å². The minimum absolute atomic E-state index is 0.229. The highest BCUT2D eigenvalue weighted by Crippen LogP contribution is 2.38. The molecule has 0 unspecified atom stereocenters. The molecule has 30 heavy (non-hydrogen) atoms. The van der Waals surface area contributed by atoms with Crippen LogP contribution in [0.15, 0.2) is 29.3 Å². The van der Waals surface area contributed by atoms with E-state index >= 15 is 0 Å². The molecule has 0 bridgehead atoms. The molecule has 2 aliphatic rings. The summed E-state index contributed by atoms with van der Waals surface area (Å²) >= 11 is 0. The first-order chi connectivity index (χ1) is 14.5. The molecule has 0 spiro atoms. The van der Waals surface area contributed by atoms with Gasteiger partial charge in [-0.05, 0) is 49.9 Å². The lowest BCUT2D eigenvalue weighted by atomic mass is 9.84. The van der Waals surface area contributed by atoms with E-state index in [2.05, 4.69) is 44.8 Å². The summed E-state index contributed by atoms with van der Waals surface area (Å²) < 4.78 is 0. The lowest BCUT2D eigenvalue weighted by Gasteiger charge is -2.31. The number of benzene rings is 1. The van der Waals surface area contributed by atoms with E-state index in [1.54, 1.807) is 11.9 Å². The number of guanidine groups is 1. The van der Waals surface area contributed by atoms with Crippen LogP contribution in [-0.4, -0.2) is 62.4 Å². The van der Waals surface area contributed by atoms with Crippen molar-refractivity contribution in [3.63, 3.8) is 0 Å². The Kier molecular flexibility index (Phi) is 8.14. The fourth-order valence-electron chi connectivity index (χ4n) is 4.79. The highest BCUT2D eigenvalue weighted by Gasteiger charge is 2.42. The number of rotatable bonds is 7. The third-order valence-electron chi connectivity index (χ3n) is 6.58. The first-order valence-corrected chi connectivity index (χ1v) is 11.5. The van der Waals surface area contributed by atoms with E-state index in [1.807, 2.05) is 14.1 Å². The summed E-state index contributed by atoms with van der Waals surface area (Å²) in [7, 11) is 5.49. The quantitative estimate of drug-likeness (QED) is 0.533. The minimum atomic E-state index is -0.294. The van der Waals surface area contributed by atoms with E-state index in [0.29, 0.717) is 6.54 Å². The van der Waals surface area contributed by atoms with Crippen LogP contribution in [0.5, 0.6) is 0 Å². The number of aliphatic imine (C=N–C) groups is 1. The van der Waals surface area contributed by atoms with Gasteiger partial charge >= 0.3 is 0 Å². The van der Waals surface area contributed by atoms with Crippen molar-refractivity contribution in [2.24, 2.45) is 10.4 Å². The van der Waals surface area contributed by atoms with Crippen LogP contribution in [0.2, 0.25) is 0 Å². The van der Waals surface area contributed by atoms with E-state index in [0.717, 1.165) is 44.7 Å². The molecule has 1 aromatic rings. The number of likely N-dealkylation sites (tertiary alicyclic amines) is 1. The Morgan fingerprint density at radius 2 is 1.63 bits per heavy atom. The van der Waals surface area contributed by atoms with E-state index in [-0.39, 0.29) is 11.3 Å². The molecule has 0 aromatic heterocycles. The van der Waals surface area contributed by atoms with Crippen molar-refractivity contribution >= 4 is 11.9 Å². The molecule has 1 saturated carbocycles. The van der Waals surface area contributed by atoms with Crippen LogP contribution in [-0.2, 0) is 17.9 Å². The van der Waals surface area contributed by atoms with Crippen LogP contribution in [0.3, 0.4) is 0 Å². The Hall–Kier alpha value is -2.08. The zero-order chi connectivity index (χ0) is 21.4. The second kappa shape index (κ2) is 10.8. The van der Waals surface area contributed by atoms with Gasteiger partial charge in [-0.3, -0.25) is 14.7 Å². The summed E-state index contributed by atoms with van der Waals surface area (Å²) in [6.45, 7) is 4.86. The maximum atomic E-state index is 12.7. The maximum absolute atomic E-state index is 12.7. The molecule has 2 N–H and O–H groups in total. The average molecular weight is 414 g/mol. The molecular weight excluding hydrogens is 374 g/mol. The van der Waals surface area contributed by atoms with Crippen LogP contribution in [0.25, 0.3) is 0 Å². The first-order valence-electron chi connectivity index (χ1n) is 11.5. The molecule has 0 atom stereocenters. The van der Waals surface area contributed by atoms with Crippen LogP contribution in [0, 0.1) is 5.41 Å². The predicted octanol–water partition coefficient (Wildman–Crippen LogP) is 2.99. The van der Waals surface area contributed by atoms with Gasteiger partial charge in [-0.2, -0.15) is 0 Å². The van der Waals surface area contributed by atoms with Gasteiger partial charge in [0.05, 0.1) is 5.41 Å². The molecule has 166 valence electrons. The van der Waals surface area contributed by atoms with Gasteiger partial charge in [-0.25, -0.2) is 0 Å². The van der Waals surface area contributed by atoms with E-state index in [9.17, 15) is 4.79 Å². The number of carbonyl (C=O) groups is 1. The minimum Gasteiger partial charge on any atom is -0.355 e. The normalized spacial score (nSPS) is 19.5. The summed E-state index contributed by atoms with van der Waals surface area (Å²) in [5.74, 6) is 0.984. The molecule has 1 aromatic carbocycles. The summed E-state index contributed by atoms with van der Waals surface area (Å²) in [4.78, 5) is 21.4. The van der Waals surface area contributed by atoms with Gasteiger partial charge < -0.3 is 15.5 Å². The van der Waals surface area contributed by atoms with Gasteiger partial charge in [-0.15, -0.1) is 0 Å². The van der Waals surface area contributed by atoms with E-state index in [4.69, 9.17) is 0 Å². The zero-order valence-electron chi connectivity index (χ0n) is 19.0. The van der Waals surface area contributed by atoms with Crippen molar-refractivity contribution in [3.05, 3.63) is 35.4 Å². The summed E-state index contributed by atoms with van der Waals surface area (Å²) in [5.41, 5.74) is 2.32. The van der Waals surface area contributed by atoms with Gasteiger partial charge in [0, 0.05) is 40.8 Å². The molecule has 0 radical (unpaired) electrons. The van der Waals surface area contributed by atoms with Crippen molar-refractivity contribution in [3.8, 4) is 0 Å². The van der Waals surface area contributed by atoms with Crippen LogP contribution >= 0.6 is 0 Å². The predicted molar refractivity (Wildman–Crippen MR) is 123 cm³/mol. The number of hydrogen-bond acceptors (Lipinski definition) is 3. The van der Waals surface area contributed by atoms with E-state index in [1.165, 1.54) is 43.5 Å². The number of piperidine rings is 1. The number of nitrogens with one attached hydrogen (secondary N) is 2. The molecule has 1 saturated heterocycles. The smallest absolute Gasteiger partial charge is 0.230 e. The van der Waals surface area contributed by atoms with Crippen molar-refractivity contribution in [2.75, 3.05) is 40.8 Å².